The SMILES string of the molecule is C[O+]=C1C=CC2(C=C1)CC2. The molecule has 0 aromatic heterocycles. The first kappa shape index (κ1) is 5.90. The summed E-state index contributed by atoms with van der Waals surface area (Å²) in [6.45, 7) is 0. The van der Waals surface area contributed by atoms with E-state index < -0.39 is 0 Å². The highest BCUT2D eigenvalue weighted by atomic mass is 16.4. The molecule has 0 amide bonds. The van der Waals surface area contributed by atoms with Gasteiger partial charge in [-0.25, -0.2) is 0 Å². The van der Waals surface area contributed by atoms with Gasteiger partial charge < -0.3 is 0 Å². The van der Waals surface area contributed by atoms with Crippen LogP contribution < -0.4 is 0 Å². The van der Waals surface area contributed by atoms with Crippen molar-refractivity contribution in [3.63, 3.8) is 0 Å². The van der Waals surface area contributed by atoms with Gasteiger partial charge in [0.15, 0.2) is 0 Å². The molecule has 10 heavy (non-hydrogen) atoms. The lowest BCUT2D eigenvalue weighted by Crippen LogP contribution is -2.01. The van der Waals surface area contributed by atoms with Crippen molar-refractivity contribution < 1.29 is 4.42 Å². The van der Waals surface area contributed by atoms with E-state index in [1.807, 2.05) is 0 Å². The van der Waals surface area contributed by atoms with Gasteiger partial charge in [-0.2, -0.15) is 0 Å². The fourth-order valence-corrected chi connectivity index (χ4v) is 1.22. The quantitative estimate of drug-likeness (QED) is 0.447. The molecule has 0 radical (unpaired) electrons. The Morgan fingerprint density at radius 2 is 1.90 bits per heavy atom. The molecule has 0 aromatic carbocycles. The summed E-state index contributed by atoms with van der Waals surface area (Å²) in [6, 6.07) is 0. The second-order valence-electron chi connectivity index (χ2n) is 3.01. The maximum Gasteiger partial charge on any atom is 0.342 e. The zero-order chi connectivity index (χ0) is 7.03. The fourth-order valence-electron chi connectivity index (χ4n) is 1.22. The van der Waals surface area contributed by atoms with E-state index in [1.165, 1.54) is 12.8 Å². The Morgan fingerprint density at radius 3 is 2.30 bits per heavy atom. The molecule has 0 saturated heterocycles. The van der Waals surface area contributed by atoms with Crippen LogP contribution in [0.3, 0.4) is 0 Å². The third-order valence-electron chi connectivity index (χ3n) is 2.22. The van der Waals surface area contributed by atoms with Gasteiger partial charge >= 0.3 is 5.78 Å². The number of hydrogen-bond acceptors (Lipinski definition) is 0. The van der Waals surface area contributed by atoms with E-state index in [9.17, 15) is 0 Å². The van der Waals surface area contributed by atoms with Crippen LogP contribution in [0.1, 0.15) is 12.8 Å². The van der Waals surface area contributed by atoms with Crippen LogP contribution >= 0.6 is 0 Å². The van der Waals surface area contributed by atoms with Gasteiger partial charge in [-0.3, -0.25) is 4.42 Å². The van der Waals surface area contributed by atoms with Crippen molar-refractivity contribution in [2.75, 3.05) is 7.11 Å². The highest BCUT2D eigenvalue weighted by molar-refractivity contribution is 6.00. The molecule has 2 aliphatic rings. The Balaban J connectivity index is 2.22. The molecule has 0 atom stereocenters. The van der Waals surface area contributed by atoms with Crippen molar-refractivity contribution in [2.24, 2.45) is 5.41 Å². The van der Waals surface area contributed by atoms with E-state index >= 15 is 0 Å². The highest BCUT2D eigenvalue weighted by Gasteiger charge is 2.39. The van der Waals surface area contributed by atoms with Crippen LogP contribution in [0.2, 0.25) is 0 Å². The first-order valence-electron chi connectivity index (χ1n) is 3.64. The van der Waals surface area contributed by atoms with E-state index in [-0.39, 0.29) is 0 Å². The van der Waals surface area contributed by atoms with Crippen LogP contribution in [0.5, 0.6) is 0 Å². The molecule has 2 rings (SSSR count). The molecule has 1 saturated carbocycles. The van der Waals surface area contributed by atoms with Gasteiger partial charge in [0.2, 0.25) is 0 Å². The molecule has 0 N–H and O–H groups in total. The maximum atomic E-state index is 5.06. The summed E-state index contributed by atoms with van der Waals surface area (Å²) >= 11 is 0. The predicted octanol–water partition coefficient (Wildman–Crippen LogP) is 1.63. The van der Waals surface area contributed by atoms with Crippen molar-refractivity contribution in [1.82, 2.24) is 0 Å². The molecule has 1 nitrogen and oxygen atoms in total. The van der Waals surface area contributed by atoms with Crippen molar-refractivity contribution in [1.29, 1.82) is 0 Å². The first-order chi connectivity index (χ1) is 4.85. The lowest BCUT2D eigenvalue weighted by molar-refractivity contribution is -0.417. The topological polar surface area (TPSA) is 11.3 Å². The standard InChI is InChI=1S/C9H11O/c1-10-8-2-4-9(5-3-8)6-7-9/h2-5H,6-7H2,1H3/q+1. The monoisotopic (exact) mass is 135 g/mol. The normalized spacial score (nSPS) is 25.5. The van der Waals surface area contributed by atoms with E-state index in [0.29, 0.717) is 5.41 Å². The van der Waals surface area contributed by atoms with Crippen LogP contribution in [0.15, 0.2) is 24.3 Å². The van der Waals surface area contributed by atoms with Gasteiger partial charge in [-0.1, -0.05) is 12.2 Å². The van der Waals surface area contributed by atoms with Crippen molar-refractivity contribution in [3.05, 3.63) is 24.3 Å². The second-order valence-corrected chi connectivity index (χ2v) is 3.01. The molecule has 0 aliphatic heterocycles. The zero-order valence-corrected chi connectivity index (χ0v) is 6.13. The lowest BCUT2D eigenvalue weighted by Gasteiger charge is -2.02. The average Bonchev–Trinajstić information content (AvgIpc) is 2.72. The van der Waals surface area contributed by atoms with Gasteiger partial charge in [0, 0.05) is 17.6 Å². The Bertz CT molecular complexity index is 211. The third-order valence-corrected chi connectivity index (χ3v) is 2.22. The third kappa shape index (κ3) is 0.821. The smallest absolute Gasteiger partial charge is 0.258 e. The van der Waals surface area contributed by atoms with E-state index in [2.05, 4.69) is 24.3 Å². The molecule has 1 spiro atoms. The zero-order valence-electron chi connectivity index (χ0n) is 6.13. The van der Waals surface area contributed by atoms with Gasteiger partial charge in [0.25, 0.3) is 7.11 Å². The van der Waals surface area contributed by atoms with Crippen LogP contribution in [-0.4, -0.2) is 12.9 Å². The predicted molar refractivity (Wildman–Crippen MR) is 40.9 cm³/mol. The molecule has 0 aromatic rings. The van der Waals surface area contributed by atoms with Gasteiger partial charge in [-0.15, -0.1) is 0 Å². The minimum absolute atomic E-state index is 0.446. The number of carbonyl (C=O) groups excluding carboxylic acids is 1. The summed E-state index contributed by atoms with van der Waals surface area (Å²) in [5, 5.41) is 0. The fraction of sp³-hybridized carbons (Fsp3) is 0.444. The largest absolute Gasteiger partial charge is 0.342 e. The van der Waals surface area contributed by atoms with Gasteiger partial charge in [0.05, 0.1) is 0 Å². The second kappa shape index (κ2) is 1.82. The minimum Gasteiger partial charge on any atom is -0.258 e. The van der Waals surface area contributed by atoms with Gasteiger partial charge in [-0.05, 0) is 12.8 Å². The Labute approximate surface area is 60.7 Å². The van der Waals surface area contributed by atoms with E-state index in [0.717, 1.165) is 5.78 Å². The molecular weight excluding hydrogens is 124 g/mol. The Hall–Kier alpha value is -0.850. The van der Waals surface area contributed by atoms with E-state index in [1.54, 1.807) is 7.11 Å². The van der Waals surface area contributed by atoms with Crippen molar-refractivity contribution in [2.45, 2.75) is 12.8 Å². The summed E-state index contributed by atoms with van der Waals surface area (Å²) in [5.74, 6) is 0.970. The Kier molecular flexibility index (Phi) is 1.07. The number of allylic oxidation sites excluding steroid dienone is 4. The number of hydrogen-bond donors (Lipinski definition) is 0. The lowest BCUT2D eigenvalue weighted by atomic mass is 10.0. The van der Waals surface area contributed by atoms with Crippen LogP contribution in [0.4, 0.5) is 0 Å². The summed E-state index contributed by atoms with van der Waals surface area (Å²) in [4.78, 5) is 0. The molecule has 1 heteroatoms. The molecule has 2 aliphatic carbocycles. The first-order valence-corrected chi connectivity index (χ1v) is 3.64. The molecular formula is C9H11O+. The van der Waals surface area contributed by atoms with Crippen molar-refractivity contribution >= 4 is 5.78 Å². The average molecular weight is 135 g/mol. The van der Waals surface area contributed by atoms with Crippen LogP contribution in [0, 0.1) is 5.41 Å². The Morgan fingerprint density at radius 1 is 1.30 bits per heavy atom. The summed E-state index contributed by atoms with van der Waals surface area (Å²) in [7, 11) is 1.70. The number of rotatable bonds is 0. The maximum absolute atomic E-state index is 5.06. The molecule has 0 unspecified atom stereocenters. The molecule has 0 heterocycles. The van der Waals surface area contributed by atoms with E-state index in [4.69, 9.17) is 4.42 Å². The van der Waals surface area contributed by atoms with Crippen LogP contribution in [0.25, 0.3) is 0 Å². The number of ketones is 1. The highest BCUT2D eigenvalue weighted by Crippen LogP contribution is 2.49. The molecule has 1 fully saturated rings. The minimum atomic E-state index is 0.446. The molecule has 52 valence electrons. The van der Waals surface area contributed by atoms with Crippen LogP contribution in [-0.2, 0) is 4.42 Å². The van der Waals surface area contributed by atoms with Crippen molar-refractivity contribution in [3.8, 4) is 0 Å². The summed E-state index contributed by atoms with van der Waals surface area (Å²) in [5.41, 5.74) is 0.446. The summed E-state index contributed by atoms with van der Waals surface area (Å²) < 4.78 is 5.06. The molecule has 0 bridgehead atoms. The van der Waals surface area contributed by atoms with Gasteiger partial charge in [0.1, 0.15) is 0 Å². The summed E-state index contributed by atoms with van der Waals surface area (Å²) in [6.07, 6.45) is 11.2.